The molecule has 34 heavy (non-hydrogen) atoms. The van der Waals surface area contributed by atoms with E-state index in [0.29, 0.717) is 38.5 Å². The molecule has 3 amide bonds. The number of rotatable bonds is 10. The first-order chi connectivity index (χ1) is 15.5. The minimum absolute atomic E-state index is 0. The number of carbonyl (C=O) groups is 3. The molecule has 2 atom stereocenters. The molecule has 1 saturated carbocycles. The van der Waals surface area contributed by atoms with Gasteiger partial charge in [-0.15, -0.1) is 12.4 Å². The van der Waals surface area contributed by atoms with Crippen molar-refractivity contribution in [3.05, 3.63) is 0 Å². The molecule has 2 fully saturated rings. The number of nitrogens with one attached hydrogen (secondary N) is 2. The van der Waals surface area contributed by atoms with Crippen LogP contribution in [0.2, 0.25) is 0 Å². The first-order valence-corrected chi connectivity index (χ1v) is 13.4. The number of thioether (sulfide) groups is 1. The fourth-order valence-corrected chi connectivity index (χ4v) is 6.30. The normalized spacial score (nSPS) is 23.7. The molecule has 4 N–H and O–H groups in total. The minimum Gasteiger partial charge on any atom is -0.450 e. The van der Waals surface area contributed by atoms with E-state index in [4.69, 9.17) is 10.5 Å². The summed E-state index contributed by atoms with van der Waals surface area (Å²) in [7, 11) is 0. The van der Waals surface area contributed by atoms with Crippen molar-refractivity contribution in [1.29, 1.82) is 0 Å². The predicted octanol–water partition coefficient (Wildman–Crippen LogP) is 3.46. The van der Waals surface area contributed by atoms with Gasteiger partial charge in [-0.25, -0.2) is 4.79 Å². The molecule has 0 radical (unpaired) electrons. The molecular formula is C24H45ClN4O4S. The first-order valence-electron chi connectivity index (χ1n) is 12.5. The van der Waals surface area contributed by atoms with Crippen LogP contribution in [0.3, 0.4) is 0 Å². The van der Waals surface area contributed by atoms with Gasteiger partial charge in [-0.05, 0) is 70.0 Å². The minimum atomic E-state index is -0.789. The number of amides is 3. The van der Waals surface area contributed by atoms with Gasteiger partial charge in [0.25, 0.3) is 0 Å². The van der Waals surface area contributed by atoms with Crippen molar-refractivity contribution in [2.24, 2.45) is 11.7 Å². The molecule has 2 rings (SSSR count). The highest BCUT2D eigenvalue weighted by atomic mass is 35.5. The van der Waals surface area contributed by atoms with E-state index in [9.17, 15) is 14.4 Å². The van der Waals surface area contributed by atoms with Crippen LogP contribution in [-0.2, 0) is 14.3 Å². The van der Waals surface area contributed by atoms with Crippen molar-refractivity contribution in [1.82, 2.24) is 15.5 Å². The second-order valence-electron chi connectivity index (χ2n) is 10.2. The summed E-state index contributed by atoms with van der Waals surface area (Å²) >= 11 is 1.63. The van der Waals surface area contributed by atoms with Gasteiger partial charge < -0.3 is 26.0 Å². The number of nitrogens with two attached hydrogens (primary N) is 1. The average Bonchev–Trinajstić information content (AvgIpc) is 3.24. The highest BCUT2D eigenvalue weighted by molar-refractivity contribution is 8.01. The van der Waals surface area contributed by atoms with Crippen LogP contribution < -0.4 is 16.4 Å². The third-order valence-electron chi connectivity index (χ3n) is 6.48. The molecule has 2 unspecified atom stereocenters. The van der Waals surface area contributed by atoms with Gasteiger partial charge >= 0.3 is 6.09 Å². The Labute approximate surface area is 215 Å². The highest BCUT2D eigenvalue weighted by Crippen LogP contribution is 2.34. The molecule has 1 heterocycles. The SMILES string of the molecule is CCCOC(=O)NC(C(=O)N1CCCC1C(=O)NCC1CCC(N)CC1)C(C)(C)SC(C)C.Cl. The Balaban J connectivity index is 0.00000578. The van der Waals surface area contributed by atoms with Crippen molar-refractivity contribution in [2.75, 3.05) is 19.7 Å². The third-order valence-corrected chi connectivity index (χ3v) is 7.79. The Bertz CT molecular complexity index is 671. The van der Waals surface area contributed by atoms with Crippen LogP contribution in [0, 0.1) is 5.92 Å². The number of ether oxygens (including phenoxy) is 1. The van der Waals surface area contributed by atoms with E-state index in [1.807, 2.05) is 20.8 Å². The summed E-state index contributed by atoms with van der Waals surface area (Å²) < 4.78 is 4.64. The quantitative estimate of drug-likeness (QED) is 0.406. The van der Waals surface area contributed by atoms with Crippen LogP contribution in [-0.4, -0.2) is 70.6 Å². The van der Waals surface area contributed by atoms with Crippen LogP contribution in [0.25, 0.3) is 0 Å². The molecule has 0 spiro atoms. The fourth-order valence-electron chi connectivity index (χ4n) is 4.79. The van der Waals surface area contributed by atoms with Crippen LogP contribution >= 0.6 is 24.2 Å². The molecule has 1 aliphatic heterocycles. The van der Waals surface area contributed by atoms with Crippen molar-refractivity contribution in [3.8, 4) is 0 Å². The Kier molecular flexibility index (Phi) is 13.1. The summed E-state index contributed by atoms with van der Waals surface area (Å²) in [6, 6.07) is -1.01. The number of halogens is 1. The summed E-state index contributed by atoms with van der Waals surface area (Å²) in [5.74, 6) is 0.128. The summed E-state index contributed by atoms with van der Waals surface area (Å²) in [6.07, 6.45) is 5.57. The maximum absolute atomic E-state index is 13.7. The summed E-state index contributed by atoms with van der Waals surface area (Å²) in [4.78, 5) is 40.8. The van der Waals surface area contributed by atoms with Crippen molar-refractivity contribution >= 4 is 42.1 Å². The summed E-state index contributed by atoms with van der Waals surface area (Å²) in [5.41, 5.74) is 5.99. The van der Waals surface area contributed by atoms with Gasteiger partial charge in [-0.1, -0.05) is 20.8 Å². The van der Waals surface area contributed by atoms with Crippen molar-refractivity contribution in [2.45, 2.75) is 108 Å². The van der Waals surface area contributed by atoms with Crippen LogP contribution in [0.15, 0.2) is 0 Å². The van der Waals surface area contributed by atoms with Gasteiger partial charge in [0.15, 0.2) is 0 Å². The second-order valence-corrected chi connectivity index (χ2v) is 12.4. The third kappa shape index (κ3) is 9.11. The van der Waals surface area contributed by atoms with Gasteiger partial charge in [0, 0.05) is 23.9 Å². The Morgan fingerprint density at radius 2 is 1.79 bits per heavy atom. The smallest absolute Gasteiger partial charge is 0.407 e. The number of alkyl carbamates (subject to hydrolysis) is 1. The molecular weight excluding hydrogens is 476 g/mol. The maximum Gasteiger partial charge on any atom is 0.407 e. The van der Waals surface area contributed by atoms with Gasteiger partial charge in [-0.3, -0.25) is 9.59 Å². The number of hydrogen-bond acceptors (Lipinski definition) is 6. The van der Waals surface area contributed by atoms with Gasteiger partial charge in [0.2, 0.25) is 11.8 Å². The van der Waals surface area contributed by atoms with E-state index in [1.165, 1.54) is 0 Å². The molecule has 1 aliphatic carbocycles. The standard InChI is InChI=1S/C24H44N4O4S.ClH/c1-6-14-32-23(31)27-20(24(4,5)33-16(2)3)22(30)28-13-7-8-19(28)21(29)26-15-17-9-11-18(25)12-10-17;/h16-20H,6-15,25H2,1-5H3,(H,26,29)(H,27,31);1H. The number of carbonyl (C=O) groups excluding carboxylic acids is 3. The van der Waals surface area contributed by atoms with E-state index < -0.39 is 22.9 Å². The predicted molar refractivity (Wildman–Crippen MR) is 140 cm³/mol. The van der Waals surface area contributed by atoms with Crippen LogP contribution in [0.1, 0.15) is 79.6 Å². The van der Waals surface area contributed by atoms with E-state index in [0.717, 1.165) is 32.1 Å². The zero-order valence-electron chi connectivity index (χ0n) is 21.4. The van der Waals surface area contributed by atoms with Crippen molar-refractivity contribution < 1.29 is 19.1 Å². The molecule has 1 saturated heterocycles. The number of hydrogen-bond donors (Lipinski definition) is 3. The molecule has 8 nitrogen and oxygen atoms in total. The van der Waals surface area contributed by atoms with Crippen LogP contribution in [0.4, 0.5) is 4.79 Å². The lowest BCUT2D eigenvalue weighted by molar-refractivity contribution is -0.140. The van der Waals surface area contributed by atoms with Crippen molar-refractivity contribution in [3.63, 3.8) is 0 Å². The molecule has 0 aromatic heterocycles. The van der Waals surface area contributed by atoms with E-state index in [2.05, 4.69) is 24.5 Å². The van der Waals surface area contributed by atoms with Gasteiger partial charge in [-0.2, -0.15) is 11.8 Å². The summed E-state index contributed by atoms with van der Waals surface area (Å²) in [5, 5.41) is 6.15. The first kappa shape index (κ1) is 30.8. The van der Waals surface area contributed by atoms with Gasteiger partial charge in [0.1, 0.15) is 12.1 Å². The van der Waals surface area contributed by atoms with E-state index in [-0.39, 0.29) is 35.5 Å². The Morgan fingerprint density at radius 1 is 1.15 bits per heavy atom. The van der Waals surface area contributed by atoms with Crippen LogP contribution in [0.5, 0.6) is 0 Å². The second kappa shape index (κ2) is 14.4. The molecule has 2 aliphatic rings. The Hall–Kier alpha value is -1.19. The monoisotopic (exact) mass is 520 g/mol. The largest absolute Gasteiger partial charge is 0.450 e. The number of likely N-dealkylation sites (tertiary alicyclic amines) is 1. The molecule has 0 aromatic carbocycles. The molecule has 0 aromatic rings. The zero-order valence-corrected chi connectivity index (χ0v) is 23.1. The topological polar surface area (TPSA) is 114 Å². The molecule has 0 bridgehead atoms. The van der Waals surface area contributed by atoms with Gasteiger partial charge in [0.05, 0.1) is 6.61 Å². The lowest BCUT2D eigenvalue weighted by Gasteiger charge is -2.38. The van der Waals surface area contributed by atoms with E-state index >= 15 is 0 Å². The molecule has 198 valence electrons. The fraction of sp³-hybridized carbons (Fsp3) is 0.875. The number of nitrogens with zero attached hydrogens (tertiary/aromatic N) is 1. The lowest BCUT2D eigenvalue weighted by Crippen LogP contribution is -2.60. The molecule has 10 heteroatoms. The maximum atomic E-state index is 13.7. The average molecular weight is 521 g/mol. The summed E-state index contributed by atoms with van der Waals surface area (Å²) in [6.45, 7) is 11.4. The van der Waals surface area contributed by atoms with E-state index in [1.54, 1.807) is 16.7 Å². The highest BCUT2D eigenvalue weighted by Gasteiger charge is 2.44. The zero-order chi connectivity index (χ0) is 24.6. The Morgan fingerprint density at radius 3 is 2.38 bits per heavy atom. The lowest BCUT2D eigenvalue weighted by atomic mass is 9.86.